The van der Waals surface area contributed by atoms with E-state index in [0.29, 0.717) is 30.2 Å². The van der Waals surface area contributed by atoms with Crippen LogP contribution < -0.4 is 20.7 Å². The highest BCUT2D eigenvalue weighted by Gasteiger charge is 2.17. The number of ether oxygens (including phenoxy) is 3. The van der Waals surface area contributed by atoms with Crippen LogP contribution in [0.2, 0.25) is 0 Å². The monoisotopic (exact) mass is 599 g/mol. The van der Waals surface area contributed by atoms with Gasteiger partial charge in [0.1, 0.15) is 24.5 Å². The van der Waals surface area contributed by atoms with Gasteiger partial charge < -0.3 is 35.3 Å². The van der Waals surface area contributed by atoms with Crippen molar-refractivity contribution in [3.63, 3.8) is 0 Å². The van der Waals surface area contributed by atoms with E-state index in [1.165, 1.54) is 17.5 Å². The summed E-state index contributed by atoms with van der Waals surface area (Å²) in [5, 5.41) is 15.4. The fourth-order valence-electron chi connectivity index (χ4n) is 3.85. The van der Waals surface area contributed by atoms with Crippen LogP contribution in [-0.4, -0.2) is 54.9 Å². The van der Waals surface area contributed by atoms with E-state index in [9.17, 15) is 9.59 Å². The Balaban J connectivity index is 0.000000394. The van der Waals surface area contributed by atoms with Gasteiger partial charge in [-0.3, -0.25) is 9.59 Å². The zero-order chi connectivity index (χ0) is 32.3. The van der Waals surface area contributed by atoms with Crippen molar-refractivity contribution in [3.05, 3.63) is 72.2 Å². The third-order valence-electron chi connectivity index (χ3n) is 6.34. The molecule has 0 aromatic heterocycles. The first-order valence-electron chi connectivity index (χ1n) is 14.7. The van der Waals surface area contributed by atoms with Crippen LogP contribution >= 0.6 is 0 Å². The molecule has 1 fully saturated rings. The first-order valence-corrected chi connectivity index (χ1v) is 14.7. The summed E-state index contributed by atoms with van der Waals surface area (Å²) in [4.78, 5) is 31.4. The van der Waals surface area contributed by atoms with Crippen LogP contribution in [0.25, 0.3) is 0 Å². The Kier molecular flexibility index (Phi) is 17.2. The second-order valence-electron chi connectivity index (χ2n) is 11.0. The van der Waals surface area contributed by atoms with Crippen molar-refractivity contribution in [2.75, 3.05) is 25.0 Å². The molecule has 238 valence electrons. The van der Waals surface area contributed by atoms with E-state index in [4.69, 9.17) is 24.1 Å². The van der Waals surface area contributed by atoms with Gasteiger partial charge in [0.25, 0.3) is 12.4 Å². The molecule has 4 N–H and O–H groups in total. The number of amides is 2. The lowest BCUT2D eigenvalue weighted by molar-refractivity contribution is -0.123. The van der Waals surface area contributed by atoms with Gasteiger partial charge in [0.2, 0.25) is 5.91 Å². The van der Waals surface area contributed by atoms with Crippen molar-refractivity contribution in [3.8, 4) is 5.75 Å². The normalized spacial score (nSPS) is 14.4. The molecule has 3 rings (SSSR count). The maximum atomic E-state index is 11.7. The largest absolute Gasteiger partial charge is 0.483 e. The molecule has 2 unspecified atom stereocenters. The third-order valence-corrected chi connectivity index (χ3v) is 6.34. The number of hydrogen-bond donors (Lipinski definition) is 4. The molecule has 0 radical (unpaired) electrons. The predicted molar refractivity (Wildman–Crippen MR) is 169 cm³/mol. The fraction of sp³-hybridized carbons (Fsp3) is 0.485. The van der Waals surface area contributed by atoms with E-state index in [1.54, 1.807) is 20.8 Å². The number of aryl methyl sites for hydroxylation is 1. The van der Waals surface area contributed by atoms with Gasteiger partial charge >= 0.3 is 6.09 Å². The maximum Gasteiger partial charge on any atom is 0.408 e. The molecule has 0 aliphatic carbocycles. The van der Waals surface area contributed by atoms with Crippen molar-refractivity contribution >= 4 is 24.2 Å². The fourth-order valence-corrected chi connectivity index (χ4v) is 3.85. The maximum absolute atomic E-state index is 11.7. The Morgan fingerprint density at radius 2 is 1.74 bits per heavy atom. The molecule has 1 heterocycles. The standard InChI is InChI=1S/C17H25NO2.C15H22N2O3.CH2O2/c1-4-13(2)15-7-9-17(10-8-15)20-14(3)19-12-16-6-5-11-18-16;1-5-11-6-8-12(9-7-11)17-13(18)10-16-14(19)20-15(2,3)4;2-1-3/h7-10,13,16,18H,3-6,11-12H2,1-2H3;6-9H,5,10H2,1-4H3,(H,16,19)(H,17,18);1H,(H,2,3). The van der Waals surface area contributed by atoms with Crippen LogP contribution in [0.5, 0.6) is 5.75 Å². The quantitative estimate of drug-likeness (QED) is 0.176. The average molecular weight is 600 g/mol. The van der Waals surface area contributed by atoms with Crippen LogP contribution in [0.1, 0.15) is 77.8 Å². The molecule has 2 aromatic carbocycles. The van der Waals surface area contributed by atoms with Crippen molar-refractivity contribution in [1.82, 2.24) is 10.6 Å². The summed E-state index contributed by atoms with van der Waals surface area (Å²) >= 11 is 0. The highest BCUT2D eigenvalue weighted by atomic mass is 16.7. The number of rotatable bonds is 11. The number of carboxylic acid groups (broad SMARTS) is 1. The lowest BCUT2D eigenvalue weighted by Gasteiger charge is -2.19. The second-order valence-corrected chi connectivity index (χ2v) is 11.0. The molecular weight excluding hydrogens is 550 g/mol. The zero-order valence-electron chi connectivity index (χ0n) is 26.4. The van der Waals surface area contributed by atoms with Crippen LogP contribution in [0.15, 0.2) is 61.1 Å². The second kappa shape index (κ2) is 20.0. The van der Waals surface area contributed by atoms with Crippen LogP contribution in [0.4, 0.5) is 10.5 Å². The van der Waals surface area contributed by atoms with Gasteiger partial charge in [0.05, 0.1) is 0 Å². The van der Waals surface area contributed by atoms with Gasteiger partial charge in [-0.05, 0) is 101 Å². The van der Waals surface area contributed by atoms with E-state index in [0.717, 1.165) is 31.6 Å². The molecule has 1 saturated heterocycles. The van der Waals surface area contributed by atoms with E-state index < -0.39 is 11.7 Å². The van der Waals surface area contributed by atoms with Crippen molar-refractivity contribution in [1.29, 1.82) is 0 Å². The number of alkyl carbamates (subject to hydrolysis) is 1. The minimum atomic E-state index is -0.603. The minimum Gasteiger partial charge on any atom is -0.483 e. The van der Waals surface area contributed by atoms with Crippen LogP contribution in [-0.2, 0) is 25.5 Å². The molecular formula is C33H49N3O7. The molecule has 10 nitrogen and oxygen atoms in total. The van der Waals surface area contributed by atoms with Crippen LogP contribution in [0, 0.1) is 0 Å². The van der Waals surface area contributed by atoms with Gasteiger partial charge in [-0.15, -0.1) is 0 Å². The summed E-state index contributed by atoms with van der Waals surface area (Å²) in [7, 11) is 0. The van der Waals surface area contributed by atoms with Gasteiger partial charge in [0, 0.05) is 11.7 Å². The molecule has 1 aliphatic rings. The number of carbonyl (C=O) groups is 3. The molecule has 2 atom stereocenters. The molecule has 10 heteroatoms. The van der Waals surface area contributed by atoms with E-state index in [-0.39, 0.29) is 18.9 Å². The Labute approximate surface area is 256 Å². The SMILES string of the molecule is C=C(OCC1CCCN1)Oc1ccc(C(C)CC)cc1.CCc1ccc(NC(=O)CNC(=O)OC(C)(C)C)cc1.O=CO. The van der Waals surface area contributed by atoms with E-state index >= 15 is 0 Å². The predicted octanol–water partition coefficient (Wildman–Crippen LogP) is 6.23. The topological polar surface area (TPSA) is 135 Å². The Morgan fingerprint density at radius 1 is 1.12 bits per heavy atom. The highest BCUT2D eigenvalue weighted by molar-refractivity contribution is 5.93. The number of benzene rings is 2. The summed E-state index contributed by atoms with van der Waals surface area (Å²) in [6, 6.07) is 16.2. The van der Waals surface area contributed by atoms with Crippen molar-refractivity contribution < 1.29 is 33.7 Å². The molecule has 43 heavy (non-hydrogen) atoms. The molecule has 0 bridgehead atoms. The van der Waals surface area contributed by atoms with Crippen molar-refractivity contribution in [2.45, 2.75) is 84.8 Å². The van der Waals surface area contributed by atoms with Crippen LogP contribution in [0.3, 0.4) is 0 Å². The lowest BCUT2D eigenvalue weighted by Crippen LogP contribution is -2.37. The summed E-state index contributed by atoms with van der Waals surface area (Å²) in [6.45, 7) is 16.9. The number of nitrogens with one attached hydrogen (secondary N) is 3. The zero-order valence-corrected chi connectivity index (χ0v) is 26.4. The smallest absolute Gasteiger partial charge is 0.408 e. The molecule has 1 aliphatic heterocycles. The molecule has 2 aromatic rings. The van der Waals surface area contributed by atoms with E-state index in [2.05, 4.69) is 55.4 Å². The summed E-state index contributed by atoms with van der Waals surface area (Å²) in [5.74, 6) is 1.44. The lowest BCUT2D eigenvalue weighted by atomic mass is 9.99. The number of carbonyl (C=O) groups excluding carboxylic acids is 2. The molecule has 2 amide bonds. The van der Waals surface area contributed by atoms with Gasteiger partial charge in [-0.1, -0.05) is 45.0 Å². The first-order chi connectivity index (χ1) is 20.4. The Morgan fingerprint density at radius 3 is 2.26 bits per heavy atom. The average Bonchev–Trinajstić information content (AvgIpc) is 3.49. The highest BCUT2D eigenvalue weighted by Crippen LogP contribution is 2.22. The molecule has 0 saturated carbocycles. The van der Waals surface area contributed by atoms with E-state index in [1.807, 2.05) is 36.4 Å². The van der Waals surface area contributed by atoms with Gasteiger partial charge in [-0.2, -0.15) is 0 Å². The first kappa shape index (κ1) is 37.0. The Bertz CT molecular complexity index is 1110. The summed E-state index contributed by atoms with van der Waals surface area (Å²) in [6.07, 6.45) is 3.88. The minimum absolute atomic E-state index is 0.121. The van der Waals surface area contributed by atoms with Gasteiger partial charge in [-0.25, -0.2) is 4.79 Å². The third kappa shape index (κ3) is 16.9. The summed E-state index contributed by atoms with van der Waals surface area (Å²) < 4.78 is 16.2. The molecule has 0 spiro atoms. The van der Waals surface area contributed by atoms with Crippen molar-refractivity contribution in [2.24, 2.45) is 0 Å². The Hall–Kier alpha value is -4.05. The van der Waals surface area contributed by atoms with Gasteiger partial charge in [0.15, 0.2) is 0 Å². The number of anilines is 1. The summed E-state index contributed by atoms with van der Waals surface area (Å²) in [5.41, 5.74) is 2.67. The number of hydrogen-bond acceptors (Lipinski definition) is 7.